The molecule has 0 aromatic rings. The van der Waals surface area contributed by atoms with Gasteiger partial charge >= 0.3 is 0 Å². The zero-order valence-electron chi connectivity index (χ0n) is 11.3. The highest BCUT2D eigenvalue weighted by Crippen LogP contribution is 2.40. The van der Waals surface area contributed by atoms with E-state index in [0.29, 0.717) is 0 Å². The molecule has 0 radical (unpaired) electrons. The van der Waals surface area contributed by atoms with Crippen molar-refractivity contribution < 1.29 is 5.11 Å². The fourth-order valence-corrected chi connectivity index (χ4v) is 2.49. The number of unbranched alkanes of at least 4 members (excludes halogenated alkanes) is 1. The van der Waals surface area contributed by atoms with Crippen LogP contribution in [0, 0.1) is 0 Å². The third kappa shape index (κ3) is 3.21. The molecule has 0 amide bonds. The molecular formula is C15H26O. The zero-order chi connectivity index (χ0) is 12.2. The molecule has 16 heavy (non-hydrogen) atoms. The Balaban J connectivity index is 2.75. The van der Waals surface area contributed by atoms with Gasteiger partial charge in [-0.15, -0.1) is 0 Å². The molecule has 1 rings (SSSR count). The van der Waals surface area contributed by atoms with Gasteiger partial charge in [-0.3, -0.25) is 0 Å². The second-order valence-electron chi connectivity index (χ2n) is 5.38. The van der Waals surface area contributed by atoms with Gasteiger partial charge in [0.1, 0.15) is 0 Å². The van der Waals surface area contributed by atoms with Crippen molar-refractivity contribution in [3.8, 4) is 0 Å². The number of hydrogen-bond acceptors (Lipinski definition) is 1. The van der Waals surface area contributed by atoms with E-state index in [4.69, 9.17) is 0 Å². The molecule has 1 nitrogen and oxygen atoms in total. The lowest BCUT2D eigenvalue weighted by atomic mass is 9.87. The van der Waals surface area contributed by atoms with Crippen LogP contribution < -0.4 is 0 Å². The molecule has 1 heteroatoms. The van der Waals surface area contributed by atoms with Crippen molar-refractivity contribution >= 4 is 0 Å². The molecule has 1 unspecified atom stereocenters. The molecule has 92 valence electrons. The monoisotopic (exact) mass is 222 g/mol. The molecule has 0 saturated carbocycles. The number of rotatable bonds is 5. The van der Waals surface area contributed by atoms with Crippen LogP contribution in [-0.2, 0) is 0 Å². The second-order valence-corrected chi connectivity index (χ2v) is 5.38. The predicted molar refractivity (Wildman–Crippen MR) is 70.5 cm³/mol. The van der Waals surface area contributed by atoms with E-state index in [1.54, 1.807) is 0 Å². The van der Waals surface area contributed by atoms with Crippen molar-refractivity contribution in [3.05, 3.63) is 22.8 Å². The van der Waals surface area contributed by atoms with Gasteiger partial charge < -0.3 is 5.11 Å². The van der Waals surface area contributed by atoms with E-state index in [1.807, 2.05) is 0 Å². The highest BCUT2D eigenvalue weighted by atomic mass is 16.3. The van der Waals surface area contributed by atoms with Crippen LogP contribution in [0.25, 0.3) is 0 Å². The Morgan fingerprint density at radius 3 is 2.69 bits per heavy atom. The predicted octanol–water partition coefficient (Wildman–Crippen LogP) is 4.37. The van der Waals surface area contributed by atoms with Gasteiger partial charge in [-0.25, -0.2) is 0 Å². The average molecular weight is 222 g/mol. The maximum atomic E-state index is 10.7. The molecule has 0 aliphatic heterocycles. The molecule has 0 spiro atoms. The third-order valence-corrected chi connectivity index (χ3v) is 3.62. The lowest BCUT2D eigenvalue weighted by Gasteiger charge is -2.26. The summed E-state index contributed by atoms with van der Waals surface area (Å²) in [5.41, 5.74) is 3.52. The minimum Gasteiger partial charge on any atom is -0.385 e. The van der Waals surface area contributed by atoms with Crippen LogP contribution in [0.2, 0.25) is 0 Å². The number of allylic oxidation sites excluding steroid dienone is 2. The zero-order valence-corrected chi connectivity index (χ0v) is 11.3. The van der Waals surface area contributed by atoms with Gasteiger partial charge in [-0.05, 0) is 58.4 Å². The van der Waals surface area contributed by atoms with Gasteiger partial charge in [-0.1, -0.05) is 30.6 Å². The molecule has 0 bridgehead atoms. The van der Waals surface area contributed by atoms with Crippen molar-refractivity contribution in [3.63, 3.8) is 0 Å². The van der Waals surface area contributed by atoms with Gasteiger partial charge in [0, 0.05) is 0 Å². The summed E-state index contributed by atoms with van der Waals surface area (Å²) in [7, 11) is 0. The van der Waals surface area contributed by atoms with Crippen LogP contribution in [0.3, 0.4) is 0 Å². The van der Waals surface area contributed by atoms with Crippen LogP contribution in [0.15, 0.2) is 22.8 Å². The fourth-order valence-electron chi connectivity index (χ4n) is 2.49. The highest BCUT2D eigenvalue weighted by molar-refractivity contribution is 5.30. The van der Waals surface area contributed by atoms with E-state index in [-0.39, 0.29) is 0 Å². The van der Waals surface area contributed by atoms with Crippen LogP contribution in [0.1, 0.15) is 66.2 Å². The third-order valence-electron chi connectivity index (χ3n) is 3.62. The summed E-state index contributed by atoms with van der Waals surface area (Å²) in [5, 5.41) is 10.7. The second kappa shape index (κ2) is 5.67. The Labute approximate surface area is 100 Å². The minimum atomic E-state index is -0.531. The lowest BCUT2D eigenvalue weighted by molar-refractivity contribution is 0.0787. The minimum absolute atomic E-state index is 0.531. The first-order chi connectivity index (χ1) is 7.49. The number of aliphatic hydroxyl groups is 1. The van der Waals surface area contributed by atoms with Gasteiger partial charge in [0.25, 0.3) is 0 Å². The quantitative estimate of drug-likeness (QED) is 0.685. The normalized spacial score (nSPS) is 25.1. The lowest BCUT2D eigenvalue weighted by Crippen LogP contribution is -2.27. The summed E-state index contributed by atoms with van der Waals surface area (Å²) in [6.45, 7) is 8.59. The van der Waals surface area contributed by atoms with Crippen LogP contribution in [0.5, 0.6) is 0 Å². The van der Waals surface area contributed by atoms with Crippen molar-refractivity contribution in [1.82, 2.24) is 0 Å². The summed E-state index contributed by atoms with van der Waals surface area (Å²) in [5.74, 6) is 0. The molecule has 1 aliphatic carbocycles. The molecule has 0 fully saturated rings. The van der Waals surface area contributed by atoms with Crippen LogP contribution in [0.4, 0.5) is 0 Å². The van der Waals surface area contributed by atoms with E-state index in [2.05, 4.69) is 33.8 Å². The van der Waals surface area contributed by atoms with E-state index in [1.165, 1.54) is 29.6 Å². The molecule has 0 heterocycles. The number of hydrogen-bond donors (Lipinski definition) is 1. The summed E-state index contributed by atoms with van der Waals surface area (Å²) >= 11 is 0. The van der Waals surface area contributed by atoms with E-state index in [0.717, 1.165) is 25.7 Å². The summed E-state index contributed by atoms with van der Waals surface area (Å²) < 4.78 is 0. The van der Waals surface area contributed by atoms with Crippen molar-refractivity contribution in [2.45, 2.75) is 71.8 Å². The largest absolute Gasteiger partial charge is 0.385 e. The molecule has 1 atom stereocenters. The molecule has 1 aliphatic rings. The first-order valence-corrected chi connectivity index (χ1v) is 6.54. The van der Waals surface area contributed by atoms with Crippen molar-refractivity contribution in [2.24, 2.45) is 0 Å². The first-order valence-electron chi connectivity index (χ1n) is 6.54. The van der Waals surface area contributed by atoms with E-state index < -0.39 is 5.60 Å². The van der Waals surface area contributed by atoms with Gasteiger partial charge in [0.2, 0.25) is 0 Å². The van der Waals surface area contributed by atoms with Crippen LogP contribution >= 0.6 is 0 Å². The molecule has 0 saturated heterocycles. The first kappa shape index (κ1) is 13.5. The summed E-state index contributed by atoms with van der Waals surface area (Å²) in [6, 6.07) is 0. The molecule has 1 N–H and O–H groups in total. The molecule has 0 aromatic heterocycles. The smallest absolute Gasteiger partial charge is 0.0896 e. The Hall–Kier alpha value is -0.560. The van der Waals surface area contributed by atoms with Gasteiger partial charge in [0.15, 0.2) is 0 Å². The standard InChI is InChI=1S/C15H26O/c1-5-6-7-14-13(4)9-11-15(14,16)10-8-12(2)3/h8,16H,5-7,9-11H2,1-4H3. The summed E-state index contributed by atoms with van der Waals surface area (Å²) in [6.07, 6.45) is 8.44. The SMILES string of the molecule is CCCCC1=C(C)CCC1(O)CC=C(C)C. The van der Waals surface area contributed by atoms with Gasteiger partial charge in [-0.2, -0.15) is 0 Å². The fraction of sp³-hybridized carbons (Fsp3) is 0.733. The Morgan fingerprint density at radius 2 is 2.12 bits per heavy atom. The van der Waals surface area contributed by atoms with E-state index >= 15 is 0 Å². The Bertz CT molecular complexity index is 295. The molecular weight excluding hydrogens is 196 g/mol. The highest BCUT2D eigenvalue weighted by Gasteiger charge is 2.35. The Kier molecular flexibility index (Phi) is 4.79. The maximum absolute atomic E-state index is 10.7. The molecule has 0 aromatic carbocycles. The van der Waals surface area contributed by atoms with Crippen molar-refractivity contribution in [2.75, 3.05) is 0 Å². The summed E-state index contributed by atoms with van der Waals surface area (Å²) in [4.78, 5) is 0. The van der Waals surface area contributed by atoms with Crippen LogP contribution in [-0.4, -0.2) is 10.7 Å². The van der Waals surface area contributed by atoms with Gasteiger partial charge in [0.05, 0.1) is 5.60 Å². The maximum Gasteiger partial charge on any atom is 0.0896 e. The Morgan fingerprint density at radius 1 is 1.44 bits per heavy atom. The topological polar surface area (TPSA) is 20.2 Å². The van der Waals surface area contributed by atoms with Crippen molar-refractivity contribution in [1.29, 1.82) is 0 Å². The average Bonchev–Trinajstić information content (AvgIpc) is 2.51. The van der Waals surface area contributed by atoms with E-state index in [9.17, 15) is 5.11 Å².